The average Bonchev–Trinajstić information content (AvgIpc) is 2.69. The Bertz CT molecular complexity index is 890. The van der Waals surface area contributed by atoms with Crippen LogP contribution in [-0.4, -0.2) is 21.5 Å². The lowest BCUT2D eigenvalue weighted by Crippen LogP contribution is -2.34. The number of nitrogens with one attached hydrogen (secondary N) is 1. The molecule has 1 aliphatic carbocycles. The first-order valence-electron chi connectivity index (χ1n) is 9.38. The van der Waals surface area contributed by atoms with Gasteiger partial charge >= 0.3 is 0 Å². The zero-order valence-electron chi connectivity index (χ0n) is 14.7. The second-order valence-electron chi connectivity index (χ2n) is 7.45. The number of piperidine rings is 1. The van der Waals surface area contributed by atoms with Gasteiger partial charge in [0.1, 0.15) is 5.82 Å². The van der Waals surface area contributed by atoms with Crippen molar-refractivity contribution in [3.63, 3.8) is 0 Å². The quantitative estimate of drug-likeness (QED) is 0.891. The Balaban J connectivity index is 1.64. The fourth-order valence-electron chi connectivity index (χ4n) is 4.43. The van der Waals surface area contributed by atoms with Crippen LogP contribution in [0.3, 0.4) is 0 Å². The molecule has 1 unspecified atom stereocenters. The van der Waals surface area contributed by atoms with Crippen LogP contribution in [-0.2, 0) is 22.7 Å². The van der Waals surface area contributed by atoms with E-state index in [2.05, 4.69) is 5.32 Å². The number of aryl methyl sites for hydroxylation is 1. The summed E-state index contributed by atoms with van der Waals surface area (Å²) in [5, 5.41) is 3.38. The van der Waals surface area contributed by atoms with Gasteiger partial charge in [-0.1, -0.05) is 18.2 Å². The fourth-order valence-corrected chi connectivity index (χ4v) is 5.78. The van der Waals surface area contributed by atoms with E-state index in [9.17, 15) is 12.8 Å². The van der Waals surface area contributed by atoms with Crippen molar-refractivity contribution in [1.82, 2.24) is 5.32 Å². The summed E-state index contributed by atoms with van der Waals surface area (Å²) in [7, 11) is -3.68. The maximum Gasteiger partial charge on any atom is 0.206 e. The van der Waals surface area contributed by atoms with E-state index in [1.165, 1.54) is 6.07 Å². The minimum Gasteiger partial charge on any atom is -0.317 e. The molecule has 1 N–H and O–H groups in total. The van der Waals surface area contributed by atoms with E-state index in [0.717, 1.165) is 56.3 Å². The molecular weight excluding hydrogens is 349 g/mol. The number of fused-ring (bicyclic) bond motifs is 1. The molecule has 2 aliphatic rings. The number of rotatable bonds is 3. The first-order chi connectivity index (χ1) is 12.6. The van der Waals surface area contributed by atoms with Crippen molar-refractivity contribution >= 4 is 9.84 Å². The van der Waals surface area contributed by atoms with Crippen LogP contribution >= 0.6 is 0 Å². The van der Waals surface area contributed by atoms with Crippen molar-refractivity contribution in [2.45, 2.75) is 41.9 Å². The summed E-state index contributed by atoms with van der Waals surface area (Å²) >= 11 is 0. The lowest BCUT2D eigenvalue weighted by molar-refractivity contribution is 0.235. The number of benzene rings is 2. The van der Waals surface area contributed by atoms with Crippen LogP contribution < -0.4 is 5.32 Å². The van der Waals surface area contributed by atoms with E-state index in [4.69, 9.17) is 0 Å². The Kier molecular flexibility index (Phi) is 4.84. The Morgan fingerprint density at radius 1 is 0.923 bits per heavy atom. The minimum atomic E-state index is -3.68. The fraction of sp³-hybridized carbons (Fsp3) is 0.429. The molecule has 1 atom stereocenters. The maximum absolute atomic E-state index is 14.8. The molecule has 0 amide bonds. The molecule has 0 saturated carbocycles. The van der Waals surface area contributed by atoms with Crippen LogP contribution in [0.5, 0.6) is 0 Å². The summed E-state index contributed by atoms with van der Waals surface area (Å²) in [5.74, 6) is 0.794. The van der Waals surface area contributed by atoms with E-state index >= 15 is 0 Å². The Labute approximate surface area is 154 Å². The largest absolute Gasteiger partial charge is 0.317 e. The van der Waals surface area contributed by atoms with Gasteiger partial charge in [0, 0.05) is 0 Å². The number of halogens is 1. The van der Waals surface area contributed by atoms with Gasteiger partial charge in [0.05, 0.1) is 9.79 Å². The van der Waals surface area contributed by atoms with Gasteiger partial charge in [0.2, 0.25) is 9.84 Å². The van der Waals surface area contributed by atoms with Crippen LogP contribution in [0.2, 0.25) is 0 Å². The van der Waals surface area contributed by atoms with Crippen LogP contribution in [0.15, 0.2) is 52.3 Å². The lowest BCUT2D eigenvalue weighted by Gasteiger charge is -2.34. The van der Waals surface area contributed by atoms with Gasteiger partial charge in [-0.25, -0.2) is 12.8 Å². The van der Waals surface area contributed by atoms with Crippen molar-refractivity contribution < 1.29 is 12.8 Å². The van der Waals surface area contributed by atoms with Crippen molar-refractivity contribution in [2.75, 3.05) is 13.1 Å². The molecular formula is C21H24FNO2S. The van der Waals surface area contributed by atoms with Gasteiger partial charge in [-0.3, -0.25) is 0 Å². The van der Waals surface area contributed by atoms with E-state index in [-0.39, 0.29) is 15.6 Å². The van der Waals surface area contributed by atoms with Crippen LogP contribution in [0.25, 0.3) is 0 Å². The van der Waals surface area contributed by atoms with Crippen molar-refractivity contribution in [3.8, 4) is 0 Å². The molecule has 0 aromatic heterocycles. The van der Waals surface area contributed by atoms with E-state index in [1.54, 1.807) is 36.4 Å². The van der Waals surface area contributed by atoms with Crippen molar-refractivity contribution in [2.24, 2.45) is 11.8 Å². The maximum atomic E-state index is 14.8. The SMILES string of the molecule is O=S(=O)(c1ccccc1)c1cc(F)c2c(c1)CCC(C1CCNCC1)C2. The molecule has 2 aromatic carbocycles. The molecule has 0 bridgehead atoms. The van der Waals surface area contributed by atoms with Crippen LogP contribution in [0.4, 0.5) is 4.39 Å². The zero-order valence-corrected chi connectivity index (χ0v) is 15.6. The van der Waals surface area contributed by atoms with Gasteiger partial charge in [-0.15, -0.1) is 0 Å². The van der Waals surface area contributed by atoms with Crippen molar-refractivity contribution in [3.05, 3.63) is 59.4 Å². The molecule has 3 nitrogen and oxygen atoms in total. The molecule has 1 saturated heterocycles. The molecule has 26 heavy (non-hydrogen) atoms. The first kappa shape index (κ1) is 17.7. The third-order valence-electron chi connectivity index (χ3n) is 5.93. The summed E-state index contributed by atoms with van der Waals surface area (Å²) in [5.41, 5.74) is 1.59. The molecule has 1 fully saturated rings. The molecule has 1 heterocycles. The van der Waals surface area contributed by atoms with E-state index in [0.29, 0.717) is 11.8 Å². The smallest absolute Gasteiger partial charge is 0.206 e. The molecule has 0 spiro atoms. The van der Waals surface area contributed by atoms with Gasteiger partial charge in [-0.05, 0) is 92.4 Å². The second kappa shape index (κ2) is 7.12. The van der Waals surface area contributed by atoms with Crippen molar-refractivity contribution in [1.29, 1.82) is 0 Å². The third-order valence-corrected chi connectivity index (χ3v) is 7.68. The number of hydrogen-bond acceptors (Lipinski definition) is 3. The molecule has 138 valence electrons. The highest BCUT2D eigenvalue weighted by molar-refractivity contribution is 7.91. The minimum absolute atomic E-state index is 0.0697. The number of sulfone groups is 1. The molecule has 4 rings (SSSR count). The molecule has 0 radical (unpaired) electrons. The molecule has 5 heteroatoms. The Morgan fingerprint density at radius 2 is 1.65 bits per heavy atom. The topological polar surface area (TPSA) is 46.2 Å². The zero-order chi connectivity index (χ0) is 18.1. The number of hydrogen-bond donors (Lipinski definition) is 1. The second-order valence-corrected chi connectivity index (χ2v) is 9.40. The predicted octanol–water partition coefficient (Wildman–Crippen LogP) is 3.76. The molecule has 1 aliphatic heterocycles. The van der Waals surface area contributed by atoms with Gasteiger partial charge in [0.25, 0.3) is 0 Å². The van der Waals surface area contributed by atoms with Gasteiger partial charge in [0.15, 0.2) is 0 Å². The third kappa shape index (κ3) is 3.30. The van der Waals surface area contributed by atoms with E-state index in [1.807, 2.05) is 0 Å². The summed E-state index contributed by atoms with van der Waals surface area (Å²) in [6.45, 7) is 2.09. The normalized spacial score (nSPS) is 21.3. The highest BCUT2D eigenvalue weighted by atomic mass is 32.2. The summed E-state index contributed by atoms with van der Waals surface area (Å²) in [4.78, 5) is 0.281. The predicted molar refractivity (Wildman–Crippen MR) is 99.4 cm³/mol. The first-order valence-corrected chi connectivity index (χ1v) is 10.9. The van der Waals surface area contributed by atoms with Crippen LogP contribution in [0.1, 0.15) is 30.4 Å². The van der Waals surface area contributed by atoms with Gasteiger partial charge in [-0.2, -0.15) is 0 Å². The lowest BCUT2D eigenvalue weighted by atomic mass is 9.74. The Morgan fingerprint density at radius 3 is 2.38 bits per heavy atom. The highest BCUT2D eigenvalue weighted by Gasteiger charge is 2.30. The molecule has 2 aromatic rings. The monoisotopic (exact) mass is 373 g/mol. The summed E-state index contributed by atoms with van der Waals surface area (Å²) in [6.07, 6.45) is 4.83. The summed E-state index contributed by atoms with van der Waals surface area (Å²) < 4.78 is 40.5. The highest BCUT2D eigenvalue weighted by Crippen LogP contribution is 2.37. The van der Waals surface area contributed by atoms with Gasteiger partial charge < -0.3 is 5.32 Å². The summed E-state index contributed by atoms with van der Waals surface area (Å²) in [6, 6.07) is 11.2. The standard InChI is InChI=1S/C21H24FNO2S/c22-21-14-19(26(24,25)18-4-2-1-3-5-18)12-17-7-6-16(13-20(17)21)15-8-10-23-11-9-15/h1-5,12,14-16,23H,6-11,13H2. The average molecular weight is 373 g/mol. The van der Waals surface area contributed by atoms with E-state index < -0.39 is 9.84 Å². The van der Waals surface area contributed by atoms with Crippen LogP contribution in [0, 0.1) is 17.7 Å². The Hall–Kier alpha value is -1.72.